The maximum atomic E-state index is 13.3. The summed E-state index contributed by atoms with van der Waals surface area (Å²) in [6, 6.07) is 18.1. The molecule has 0 saturated heterocycles. The molecule has 0 radical (unpaired) electrons. The van der Waals surface area contributed by atoms with Gasteiger partial charge in [0.15, 0.2) is 12.6 Å². The highest BCUT2D eigenvalue weighted by atomic mass is 16.5. The Morgan fingerprint density at radius 2 is 1.36 bits per heavy atom. The lowest BCUT2D eigenvalue weighted by Gasteiger charge is -2.50. The molecule has 1 aliphatic carbocycles. The topological polar surface area (TPSA) is 196 Å². The van der Waals surface area contributed by atoms with Crippen molar-refractivity contribution < 1.29 is 52.5 Å². The maximum Gasteiger partial charge on any atom is 0.343 e. The van der Waals surface area contributed by atoms with Crippen LogP contribution in [-0.2, 0) is 20.3 Å². The molecule has 1 atom stereocenters. The molecule has 13 nitrogen and oxygen atoms in total. The minimum Gasteiger partial charge on any atom is -0.496 e. The highest BCUT2D eigenvalue weighted by molar-refractivity contribution is 6.02. The molecule has 0 bridgehead atoms. The molecular weight excluding hydrogens is 817 g/mol. The summed E-state index contributed by atoms with van der Waals surface area (Å²) in [5.41, 5.74) is 5.13. The van der Waals surface area contributed by atoms with Crippen LogP contribution in [-0.4, -0.2) is 63.7 Å². The van der Waals surface area contributed by atoms with Crippen molar-refractivity contribution in [1.29, 1.82) is 10.5 Å². The van der Waals surface area contributed by atoms with Crippen molar-refractivity contribution in [3.05, 3.63) is 121 Å². The number of carbonyl (C=O) groups is 6. The van der Waals surface area contributed by atoms with Gasteiger partial charge in [0.2, 0.25) is 0 Å². The molecule has 13 heteroatoms. The number of nitrogens with zero attached hydrogens (tertiary/aromatic N) is 2. The minimum absolute atomic E-state index is 0.0112. The second kappa shape index (κ2) is 20.4. The third-order valence-corrected chi connectivity index (χ3v) is 11.8. The zero-order valence-corrected chi connectivity index (χ0v) is 38.2. The minimum atomic E-state index is -0.719. The molecule has 1 unspecified atom stereocenters. The van der Waals surface area contributed by atoms with Crippen LogP contribution in [0.4, 0.5) is 0 Å². The smallest absolute Gasteiger partial charge is 0.343 e. The van der Waals surface area contributed by atoms with Crippen LogP contribution in [0.1, 0.15) is 156 Å². The van der Waals surface area contributed by atoms with Gasteiger partial charge in [-0.15, -0.1) is 0 Å². The first kappa shape index (κ1) is 49.5. The number of hydrogen-bond donors (Lipinski definition) is 0. The van der Waals surface area contributed by atoms with Gasteiger partial charge >= 0.3 is 17.9 Å². The van der Waals surface area contributed by atoms with Gasteiger partial charge in [-0.2, -0.15) is 10.5 Å². The van der Waals surface area contributed by atoms with Gasteiger partial charge in [0.05, 0.1) is 55.7 Å². The van der Waals surface area contributed by atoms with E-state index in [1.807, 2.05) is 26.0 Å². The van der Waals surface area contributed by atoms with Crippen LogP contribution in [0.15, 0.2) is 54.6 Å². The Labute approximate surface area is 374 Å². The van der Waals surface area contributed by atoms with E-state index in [9.17, 15) is 34.0 Å². The second-order valence-electron chi connectivity index (χ2n) is 17.1. The molecule has 1 heterocycles. The normalized spacial score (nSPS) is 15.6. The summed E-state index contributed by atoms with van der Waals surface area (Å²) in [5.74, 6) is 0.0948. The number of nitriles is 2. The van der Waals surface area contributed by atoms with E-state index in [-0.39, 0.29) is 33.2 Å². The molecule has 1 aliphatic heterocycles. The standard InChI is InChI=1S/C39H43NO7.C10H8O4.C2H3N/c1-22-23(2)33(27(18-40)17-32(22)44-8)38(6,7)21-39(28-12-13-28)20-37(4,5)30-14-15-31(24(3)34(30)47-39)46-35(42)25-10-11-26(19-41)29(16-25)36(43)45-9;1-14-10(13)9-4-7(5-11)2-3-8(9)6-12;1-2-3/h10-11,14-17,19,28H,12-13,20-21H2,1-9H3;2-6H,1H3;1H3. The molecule has 0 aromatic heterocycles. The van der Waals surface area contributed by atoms with Crippen LogP contribution in [0, 0.1) is 49.4 Å². The fraction of sp³-hybridized carbons (Fsp3) is 0.373. The molecule has 0 N–H and O–H groups in total. The Morgan fingerprint density at radius 3 is 1.88 bits per heavy atom. The van der Waals surface area contributed by atoms with Crippen molar-refractivity contribution in [3.8, 4) is 29.4 Å². The molecular formula is C51H54N2O11. The van der Waals surface area contributed by atoms with Gasteiger partial charge in [-0.05, 0) is 116 Å². The van der Waals surface area contributed by atoms with E-state index in [1.165, 1.54) is 57.5 Å². The maximum absolute atomic E-state index is 13.3. The molecule has 2 aliphatic rings. The van der Waals surface area contributed by atoms with Crippen molar-refractivity contribution >= 4 is 36.8 Å². The lowest BCUT2D eigenvalue weighted by molar-refractivity contribution is -0.0246. The third-order valence-electron chi connectivity index (χ3n) is 11.8. The Balaban J connectivity index is 0.000000444. The quantitative estimate of drug-likeness (QED) is 0.0742. The molecule has 1 fully saturated rings. The molecule has 4 aromatic rings. The zero-order valence-electron chi connectivity index (χ0n) is 38.2. The van der Waals surface area contributed by atoms with Crippen molar-refractivity contribution in [2.24, 2.45) is 5.92 Å². The van der Waals surface area contributed by atoms with Gasteiger partial charge in [0.1, 0.15) is 29.1 Å². The van der Waals surface area contributed by atoms with Crippen molar-refractivity contribution in [2.45, 2.75) is 97.5 Å². The van der Waals surface area contributed by atoms with Crippen LogP contribution >= 0.6 is 0 Å². The monoisotopic (exact) mass is 870 g/mol. The van der Waals surface area contributed by atoms with Gasteiger partial charge in [0.25, 0.3) is 0 Å². The highest BCUT2D eigenvalue weighted by Crippen LogP contribution is 2.59. The van der Waals surface area contributed by atoms with E-state index in [0.717, 1.165) is 41.5 Å². The Bertz CT molecular complexity index is 2570. The molecule has 64 heavy (non-hydrogen) atoms. The van der Waals surface area contributed by atoms with Crippen LogP contribution in [0.3, 0.4) is 0 Å². The Kier molecular flexibility index (Phi) is 15.8. The molecule has 0 amide bonds. The van der Waals surface area contributed by atoms with Gasteiger partial charge in [-0.3, -0.25) is 14.4 Å². The number of hydrogen-bond acceptors (Lipinski definition) is 13. The molecule has 4 aromatic carbocycles. The number of ether oxygens (including phenoxy) is 5. The first-order valence-electron chi connectivity index (χ1n) is 20.5. The Hall–Kier alpha value is -7.12. The fourth-order valence-electron chi connectivity index (χ4n) is 8.77. The predicted molar refractivity (Wildman–Crippen MR) is 238 cm³/mol. The predicted octanol–water partition coefficient (Wildman–Crippen LogP) is 9.52. The SMILES string of the molecule is CC#N.COC(=O)c1cc(C(=O)Oc2ccc3c(c2C)OC(CC(C)(C)c2c(C#N)cc(OC)c(C)c2C)(C2CC2)CC3(C)C)ccc1C=O.COC(=O)c1cc(C=O)ccc1C=O. The average Bonchev–Trinajstić information content (AvgIpc) is 4.14. The summed E-state index contributed by atoms with van der Waals surface area (Å²) >= 11 is 0. The fourth-order valence-corrected chi connectivity index (χ4v) is 8.77. The average molecular weight is 871 g/mol. The van der Waals surface area contributed by atoms with Crippen LogP contribution < -0.4 is 14.2 Å². The van der Waals surface area contributed by atoms with Gasteiger partial charge in [-0.25, -0.2) is 14.4 Å². The number of benzene rings is 4. The Morgan fingerprint density at radius 1 is 0.781 bits per heavy atom. The number of methoxy groups -OCH3 is 3. The first-order valence-corrected chi connectivity index (χ1v) is 20.5. The van der Waals surface area contributed by atoms with Gasteiger partial charge in [0, 0.05) is 34.7 Å². The zero-order chi connectivity index (χ0) is 47.7. The van der Waals surface area contributed by atoms with E-state index in [4.69, 9.17) is 24.2 Å². The summed E-state index contributed by atoms with van der Waals surface area (Å²) in [6.45, 7) is 16.3. The number of rotatable bonds is 12. The largest absolute Gasteiger partial charge is 0.496 e. The number of carbonyl (C=O) groups excluding carboxylic acids is 6. The van der Waals surface area contributed by atoms with Crippen molar-refractivity contribution in [2.75, 3.05) is 21.3 Å². The van der Waals surface area contributed by atoms with Crippen LogP contribution in [0.2, 0.25) is 0 Å². The van der Waals surface area contributed by atoms with E-state index in [0.29, 0.717) is 65.1 Å². The number of esters is 3. The molecule has 0 spiro atoms. The van der Waals surface area contributed by atoms with Crippen LogP contribution in [0.5, 0.6) is 17.2 Å². The summed E-state index contributed by atoms with van der Waals surface area (Å²) in [6.07, 6.45) is 5.29. The van der Waals surface area contributed by atoms with E-state index >= 15 is 0 Å². The van der Waals surface area contributed by atoms with Gasteiger partial charge < -0.3 is 23.7 Å². The summed E-state index contributed by atoms with van der Waals surface area (Å²) in [5, 5.41) is 17.5. The highest BCUT2D eigenvalue weighted by Gasteiger charge is 2.56. The molecule has 6 rings (SSSR count). The second-order valence-corrected chi connectivity index (χ2v) is 17.1. The summed E-state index contributed by atoms with van der Waals surface area (Å²) < 4.78 is 27.9. The summed E-state index contributed by atoms with van der Waals surface area (Å²) in [7, 11) is 4.05. The van der Waals surface area contributed by atoms with Gasteiger partial charge in [-0.1, -0.05) is 45.9 Å². The van der Waals surface area contributed by atoms with Crippen molar-refractivity contribution in [3.63, 3.8) is 0 Å². The van der Waals surface area contributed by atoms with E-state index in [2.05, 4.69) is 45.4 Å². The molecule has 334 valence electrons. The van der Waals surface area contributed by atoms with Crippen LogP contribution in [0.25, 0.3) is 0 Å². The van der Waals surface area contributed by atoms with E-state index in [1.54, 1.807) is 19.2 Å². The van der Waals surface area contributed by atoms with Crippen molar-refractivity contribution in [1.82, 2.24) is 0 Å². The number of aldehydes is 3. The molecule has 1 saturated carbocycles. The summed E-state index contributed by atoms with van der Waals surface area (Å²) in [4.78, 5) is 69.2. The first-order chi connectivity index (χ1) is 30.3. The third kappa shape index (κ3) is 10.4. The number of fused-ring (bicyclic) bond motifs is 1. The lowest BCUT2D eigenvalue weighted by Crippen LogP contribution is -2.51. The van der Waals surface area contributed by atoms with E-state index < -0.39 is 28.9 Å². The lowest BCUT2D eigenvalue weighted by atomic mass is 9.63.